The van der Waals surface area contributed by atoms with Crippen molar-refractivity contribution in [3.05, 3.63) is 18.3 Å². The molecule has 144 valence electrons. The number of methoxy groups -OCH3 is 1. The average Bonchev–Trinajstić information content (AvgIpc) is 3.22. The van der Waals surface area contributed by atoms with E-state index in [1.165, 1.54) is 12.8 Å². The fourth-order valence-electron chi connectivity index (χ4n) is 3.49. The molecule has 1 aliphatic heterocycles. The van der Waals surface area contributed by atoms with Gasteiger partial charge in [-0.2, -0.15) is 15.0 Å². The number of rotatable bonds is 6. The van der Waals surface area contributed by atoms with Gasteiger partial charge in [0.2, 0.25) is 11.9 Å². The average molecular weight is 370 g/mol. The van der Waals surface area contributed by atoms with Crippen LogP contribution in [0, 0.1) is 0 Å². The fraction of sp³-hybridized carbons (Fsp3) is 0.556. The van der Waals surface area contributed by atoms with Crippen molar-refractivity contribution in [3.8, 4) is 6.01 Å². The van der Waals surface area contributed by atoms with E-state index < -0.39 is 0 Å². The molecule has 0 atom stereocenters. The van der Waals surface area contributed by atoms with Crippen molar-refractivity contribution in [2.24, 2.45) is 0 Å². The van der Waals surface area contributed by atoms with Gasteiger partial charge in [-0.3, -0.25) is 0 Å². The van der Waals surface area contributed by atoms with Crippen molar-refractivity contribution < 1.29 is 4.74 Å². The van der Waals surface area contributed by atoms with E-state index >= 15 is 0 Å². The van der Waals surface area contributed by atoms with Gasteiger partial charge in [-0.25, -0.2) is 4.98 Å². The quantitative estimate of drug-likeness (QED) is 0.702. The van der Waals surface area contributed by atoms with Crippen LogP contribution in [-0.2, 0) is 0 Å². The molecule has 2 fully saturated rings. The summed E-state index contributed by atoms with van der Waals surface area (Å²) in [6, 6.07) is 4.72. The normalized spacial score (nSPS) is 17.7. The van der Waals surface area contributed by atoms with Gasteiger partial charge < -0.3 is 25.6 Å². The zero-order chi connectivity index (χ0) is 18.5. The number of hydrogen-bond donors (Lipinski definition) is 3. The lowest BCUT2D eigenvalue weighted by molar-refractivity contribution is 0.379. The molecule has 0 aromatic carbocycles. The second kappa shape index (κ2) is 8.34. The summed E-state index contributed by atoms with van der Waals surface area (Å²) in [5.74, 6) is 1.97. The van der Waals surface area contributed by atoms with Gasteiger partial charge in [-0.05, 0) is 25.0 Å². The predicted octanol–water partition coefficient (Wildman–Crippen LogP) is 1.78. The van der Waals surface area contributed by atoms with Crippen LogP contribution in [0.3, 0.4) is 0 Å². The molecule has 4 rings (SSSR count). The summed E-state index contributed by atoms with van der Waals surface area (Å²) in [6.45, 7) is 3.92. The highest BCUT2D eigenvalue weighted by Gasteiger charge is 2.17. The predicted molar refractivity (Wildman–Crippen MR) is 105 cm³/mol. The van der Waals surface area contributed by atoms with E-state index in [1.54, 1.807) is 13.3 Å². The van der Waals surface area contributed by atoms with Gasteiger partial charge >= 0.3 is 6.01 Å². The summed E-state index contributed by atoms with van der Waals surface area (Å²) in [7, 11) is 1.56. The van der Waals surface area contributed by atoms with Crippen LogP contribution in [0.1, 0.15) is 25.7 Å². The lowest BCUT2D eigenvalue weighted by Crippen LogP contribution is -2.43. The second-order valence-electron chi connectivity index (χ2n) is 6.86. The molecule has 3 heterocycles. The van der Waals surface area contributed by atoms with Gasteiger partial charge in [0.1, 0.15) is 5.82 Å². The molecule has 2 aromatic heterocycles. The standard InChI is InChI=1S/C18H26N8O/c1-27-18-24-16(21-13-4-2-3-5-13)23-17(25-18)22-14-6-7-15(20-12-14)26-10-8-19-9-11-26/h6-7,12-13,19H,2-5,8-11H2,1H3,(H2,21,22,23,24,25). The maximum atomic E-state index is 5.23. The molecular weight excluding hydrogens is 344 g/mol. The highest BCUT2D eigenvalue weighted by molar-refractivity contribution is 5.56. The summed E-state index contributed by atoms with van der Waals surface area (Å²) >= 11 is 0. The van der Waals surface area contributed by atoms with Crippen molar-refractivity contribution in [2.75, 3.05) is 48.8 Å². The van der Waals surface area contributed by atoms with Crippen LogP contribution in [0.25, 0.3) is 0 Å². The Morgan fingerprint density at radius 1 is 1.07 bits per heavy atom. The van der Waals surface area contributed by atoms with Crippen LogP contribution in [0.2, 0.25) is 0 Å². The molecule has 9 heteroatoms. The first-order valence-corrected chi connectivity index (χ1v) is 9.55. The number of nitrogens with zero attached hydrogens (tertiary/aromatic N) is 5. The van der Waals surface area contributed by atoms with E-state index in [0.717, 1.165) is 50.5 Å². The smallest absolute Gasteiger partial charge is 0.322 e. The van der Waals surface area contributed by atoms with Crippen LogP contribution in [0.4, 0.5) is 23.4 Å². The van der Waals surface area contributed by atoms with Crippen LogP contribution in [0.15, 0.2) is 18.3 Å². The topological polar surface area (TPSA) is 100 Å². The molecule has 9 nitrogen and oxygen atoms in total. The highest BCUT2D eigenvalue weighted by Crippen LogP contribution is 2.23. The third-order valence-electron chi connectivity index (χ3n) is 4.93. The minimum Gasteiger partial charge on any atom is -0.467 e. The molecule has 2 aliphatic rings. The lowest BCUT2D eigenvalue weighted by Gasteiger charge is -2.28. The Labute approximate surface area is 159 Å². The molecule has 27 heavy (non-hydrogen) atoms. The summed E-state index contributed by atoms with van der Waals surface area (Å²) in [5, 5.41) is 9.93. The first kappa shape index (κ1) is 17.7. The van der Waals surface area contributed by atoms with Crippen molar-refractivity contribution >= 4 is 23.4 Å². The summed E-state index contributed by atoms with van der Waals surface area (Å²) in [4.78, 5) is 19.9. The van der Waals surface area contributed by atoms with E-state index in [-0.39, 0.29) is 0 Å². The number of nitrogens with one attached hydrogen (secondary N) is 3. The van der Waals surface area contributed by atoms with Gasteiger partial charge in [0.15, 0.2) is 0 Å². The SMILES string of the molecule is COc1nc(Nc2ccc(N3CCNCC3)nc2)nc(NC2CCCC2)n1. The number of pyridine rings is 1. The highest BCUT2D eigenvalue weighted by atomic mass is 16.5. The van der Waals surface area contributed by atoms with Crippen molar-refractivity contribution in [2.45, 2.75) is 31.7 Å². The van der Waals surface area contributed by atoms with Gasteiger partial charge in [-0.15, -0.1) is 0 Å². The zero-order valence-corrected chi connectivity index (χ0v) is 15.6. The van der Waals surface area contributed by atoms with Gasteiger partial charge in [0, 0.05) is 32.2 Å². The van der Waals surface area contributed by atoms with E-state index in [0.29, 0.717) is 23.9 Å². The Bertz CT molecular complexity index is 742. The Morgan fingerprint density at radius 2 is 1.85 bits per heavy atom. The Kier molecular flexibility index (Phi) is 5.47. The Balaban J connectivity index is 1.45. The lowest BCUT2D eigenvalue weighted by atomic mass is 10.3. The van der Waals surface area contributed by atoms with E-state index in [9.17, 15) is 0 Å². The fourth-order valence-corrected chi connectivity index (χ4v) is 3.49. The van der Waals surface area contributed by atoms with Crippen molar-refractivity contribution in [1.82, 2.24) is 25.3 Å². The summed E-state index contributed by atoms with van der Waals surface area (Å²) in [6.07, 6.45) is 6.59. The molecule has 0 unspecified atom stereocenters. The van der Waals surface area contributed by atoms with Gasteiger partial charge in [0.25, 0.3) is 0 Å². The molecule has 0 amide bonds. The van der Waals surface area contributed by atoms with Gasteiger partial charge in [0.05, 0.1) is 19.0 Å². The van der Waals surface area contributed by atoms with E-state index in [1.807, 2.05) is 12.1 Å². The van der Waals surface area contributed by atoms with Gasteiger partial charge in [-0.1, -0.05) is 12.8 Å². The second-order valence-corrected chi connectivity index (χ2v) is 6.86. The van der Waals surface area contributed by atoms with Crippen LogP contribution in [-0.4, -0.2) is 59.3 Å². The van der Waals surface area contributed by atoms with Crippen molar-refractivity contribution in [1.29, 1.82) is 0 Å². The third-order valence-corrected chi connectivity index (χ3v) is 4.93. The number of hydrogen-bond acceptors (Lipinski definition) is 9. The number of ether oxygens (including phenoxy) is 1. The molecule has 1 saturated carbocycles. The molecule has 2 aromatic rings. The molecule has 1 aliphatic carbocycles. The minimum atomic E-state index is 0.290. The maximum Gasteiger partial charge on any atom is 0.322 e. The molecule has 0 radical (unpaired) electrons. The molecule has 1 saturated heterocycles. The zero-order valence-electron chi connectivity index (χ0n) is 15.6. The Hall–Kier alpha value is -2.68. The summed E-state index contributed by atoms with van der Waals surface area (Å²) in [5.41, 5.74) is 0.828. The third kappa shape index (κ3) is 4.54. The largest absolute Gasteiger partial charge is 0.467 e. The van der Waals surface area contributed by atoms with Crippen LogP contribution >= 0.6 is 0 Å². The van der Waals surface area contributed by atoms with E-state index in [4.69, 9.17) is 4.74 Å². The molecule has 0 bridgehead atoms. The number of piperazine rings is 1. The van der Waals surface area contributed by atoms with Crippen LogP contribution < -0.4 is 25.6 Å². The van der Waals surface area contributed by atoms with Crippen molar-refractivity contribution in [3.63, 3.8) is 0 Å². The molecule has 3 N–H and O–H groups in total. The summed E-state index contributed by atoms with van der Waals surface area (Å²) < 4.78 is 5.23. The number of aromatic nitrogens is 4. The monoisotopic (exact) mass is 370 g/mol. The molecule has 0 spiro atoms. The van der Waals surface area contributed by atoms with E-state index in [2.05, 4.69) is 40.8 Å². The Morgan fingerprint density at radius 3 is 2.56 bits per heavy atom. The minimum absolute atomic E-state index is 0.290. The maximum absolute atomic E-state index is 5.23. The van der Waals surface area contributed by atoms with Crippen LogP contribution in [0.5, 0.6) is 6.01 Å². The first-order chi connectivity index (χ1) is 13.3. The number of anilines is 4. The molecular formula is C18H26N8O. The first-order valence-electron chi connectivity index (χ1n) is 9.55.